The summed E-state index contributed by atoms with van der Waals surface area (Å²) in [5.74, 6) is -6.62. The lowest BCUT2D eigenvalue weighted by Crippen LogP contribution is -2.61. The number of likely N-dealkylation sites (N-methyl/N-ethyl adjacent to an activating group) is 2. The van der Waals surface area contributed by atoms with Crippen LogP contribution in [0.2, 0.25) is 0 Å². The number of hydrogen-bond donors (Lipinski definition) is 12. The summed E-state index contributed by atoms with van der Waals surface area (Å²) in [5, 5.41) is 79.8. The standard InChI is InChI=1S/C78H106N12O20/c1-44(2)56(37-46(5)73(101)102)88(12)72(100)69(77(6,7)8)85-71(99)68(79-11)78(9,10)50-22-20-23-51(39-50)83-76(105)108-43-47-29-30-57(109-75-66(97)64(95)65(96)67(110-75)74(103)104)49(38-47)40-81-58(91)31-33-80-70(98)54(41-82-59(92)32-34-107-36-35-106-13)84-60(93)27-18-19-28-61(94)89-42-48-21-14-15-24-52(48)63-62(86-87-90(63)45(3)4)53-25-16-17-26-55(53)89/h14-17,20-26,29-30,37-39,44-45,54,56,64-69,75,79,95-97H,18-19,27-28,31-36,40-43H2,1-13H3,(H,80,98)(H,81,91)(H,82,92)(H,83,105)(H,84,93)(H,85,99)(H,101,102)(H,103,104)/b46-37+/t54-,56+,64-,65-,66+,67-,68+,69+,75+/m0/s1. The Morgan fingerprint density at radius 1 is 0.736 bits per heavy atom. The van der Waals surface area contributed by atoms with E-state index in [1.165, 1.54) is 43.2 Å². The van der Waals surface area contributed by atoms with Gasteiger partial charge in [0.1, 0.15) is 48.4 Å². The first-order valence-electron chi connectivity index (χ1n) is 36.6. The zero-order chi connectivity index (χ0) is 80.9. The first-order valence-corrected chi connectivity index (χ1v) is 36.6. The van der Waals surface area contributed by atoms with Gasteiger partial charge in [0.2, 0.25) is 47.6 Å². The van der Waals surface area contributed by atoms with Gasteiger partial charge in [-0.3, -0.25) is 38.9 Å². The van der Waals surface area contributed by atoms with Gasteiger partial charge in [-0.15, -0.1) is 5.10 Å². The molecule has 9 atom stereocenters. The lowest BCUT2D eigenvalue weighted by atomic mass is 9.76. The van der Waals surface area contributed by atoms with Gasteiger partial charge in [-0.1, -0.05) is 120 Å². The Morgan fingerprint density at radius 2 is 1.43 bits per heavy atom. The third kappa shape index (κ3) is 23.2. The van der Waals surface area contributed by atoms with Crippen LogP contribution in [0.25, 0.3) is 22.5 Å². The molecule has 0 aliphatic carbocycles. The van der Waals surface area contributed by atoms with Gasteiger partial charge in [-0.05, 0) is 99.0 Å². The molecule has 32 heteroatoms. The molecule has 8 amide bonds. The number of aliphatic hydroxyl groups is 3. The predicted octanol–water partition coefficient (Wildman–Crippen LogP) is 5.01. The van der Waals surface area contributed by atoms with E-state index in [-0.39, 0.29) is 112 Å². The molecule has 0 spiro atoms. The minimum atomic E-state index is -2.04. The van der Waals surface area contributed by atoms with E-state index in [4.69, 9.17) is 23.7 Å². The minimum absolute atomic E-state index is 0.00766. The summed E-state index contributed by atoms with van der Waals surface area (Å²) in [6, 6.07) is 22.3. The monoisotopic (exact) mass is 1530 g/mol. The van der Waals surface area contributed by atoms with E-state index < -0.39 is 126 Å². The molecule has 12 N–H and O–H groups in total. The Hall–Kier alpha value is -10.2. The fourth-order valence-corrected chi connectivity index (χ4v) is 12.8. The number of hydrogen-bond acceptors (Lipinski definition) is 21. The number of carboxylic acid groups (broad SMARTS) is 2. The Morgan fingerprint density at radius 3 is 2.10 bits per heavy atom. The van der Waals surface area contributed by atoms with Crippen LogP contribution < -0.4 is 46.9 Å². The van der Waals surface area contributed by atoms with Gasteiger partial charge in [0.05, 0.1) is 49.8 Å². The molecule has 2 aliphatic rings. The highest BCUT2D eigenvalue weighted by Gasteiger charge is 2.49. The van der Waals surface area contributed by atoms with E-state index in [0.29, 0.717) is 35.5 Å². The first-order chi connectivity index (χ1) is 52.1. The van der Waals surface area contributed by atoms with Gasteiger partial charge in [0, 0.05) is 98.9 Å². The zero-order valence-electron chi connectivity index (χ0n) is 64.6. The fourth-order valence-electron chi connectivity index (χ4n) is 12.8. The molecule has 3 heterocycles. The van der Waals surface area contributed by atoms with Crippen molar-refractivity contribution in [2.45, 2.75) is 194 Å². The Labute approximate surface area is 639 Å². The van der Waals surface area contributed by atoms with E-state index in [2.05, 4.69) is 47.5 Å². The zero-order valence-corrected chi connectivity index (χ0v) is 64.6. The number of unbranched alkanes of at least 4 members (excludes halogenated alkanes) is 1. The summed E-state index contributed by atoms with van der Waals surface area (Å²) in [7, 11) is 4.67. The number of benzene rings is 4. The van der Waals surface area contributed by atoms with Crippen LogP contribution in [-0.4, -0.2) is 214 Å². The average Bonchev–Trinajstić information content (AvgIpc) is 1.54. The summed E-state index contributed by atoms with van der Waals surface area (Å²) in [6.07, 6.45) is -9.22. The number of aromatic nitrogens is 3. The quantitative estimate of drug-likeness (QED) is 0.0184. The fraction of sp³-hybridized carbons (Fsp3) is 0.513. The molecule has 110 heavy (non-hydrogen) atoms. The van der Waals surface area contributed by atoms with Crippen LogP contribution in [0.4, 0.5) is 16.2 Å². The Bertz CT molecular complexity index is 4100. The van der Waals surface area contributed by atoms with Crippen molar-refractivity contribution in [3.63, 3.8) is 0 Å². The number of anilines is 2. The number of ether oxygens (including phenoxy) is 5. The van der Waals surface area contributed by atoms with Crippen molar-refractivity contribution in [3.05, 3.63) is 125 Å². The SMILES string of the molecule is CN[C@H](C(=O)N[C@H](C(=O)N(C)[C@H](/C=C(\C)C(=O)O)C(C)C)C(C)(C)C)C(C)(C)c1cccc(NC(=O)OCc2ccc(O[C@@H]3O[C@H](C(=O)O)[C@@H](O)[C@H](O)[C@H]3O)c(CNC(=O)CCNC(=O)[C@H](CNC(=O)CCOCCOC)NC(=O)CCCCC(=O)N3Cc4ccccc4-c4c(nnn4C(C)C)-c4ccccc43)c2)c1. The Kier molecular flexibility index (Phi) is 31.6. The van der Waals surface area contributed by atoms with Crippen LogP contribution in [0.1, 0.15) is 136 Å². The van der Waals surface area contributed by atoms with Crippen LogP contribution in [0.5, 0.6) is 5.75 Å². The highest BCUT2D eigenvalue weighted by atomic mass is 16.7. The third-order valence-corrected chi connectivity index (χ3v) is 19.1. The maximum Gasteiger partial charge on any atom is 0.411 e. The number of carboxylic acids is 2. The molecule has 0 unspecified atom stereocenters. The number of nitrogens with zero attached hydrogens (tertiary/aromatic N) is 5. The Balaban J connectivity index is 0.989. The summed E-state index contributed by atoms with van der Waals surface area (Å²) in [4.78, 5) is 138. The molecule has 7 rings (SSSR count). The highest BCUT2D eigenvalue weighted by Crippen LogP contribution is 2.42. The molecular weight excluding hydrogens is 1420 g/mol. The van der Waals surface area contributed by atoms with Crippen molar-refractivity contribution in [3.8, 4) is 28.3 Å². The number of amides is 8. The summed E-state index contributed by atoms with van der Waals surface area (Å²) in [6.45, 7) is 17.7. The van der Waals surface area contributed by atoms with Crippen LogP contribution >= 0.6 is 0 Å². The number of nitrogens with one attached hydrogen (secondary N) is 7. The normalized spacial score (nSPS) is 17.5. The third-order valence-electron chi connectivity index (χ3n) is 19.1. The topological polar surface area (TPSA) is 439 Å². The smallest absolute Gasteiger partial charge is 0.411 e. The number of aliphatic hydroxyl groups excluding tert-OH is 3. The summed E-state index contributed by atoms with van der Waals surface area (Å²) in [5.41, 5.74) is 4.30. The average molecular weight is 1530 g/mol. The van der Waals surface area contributed by atoms with Crippen molar-refractivity contribution in [1.82, 2.24) is 51.8 Å². The molecular formula is C78H106N12O20. The van der Waals surface area contributed by atoms with E-state index in [1.807, 2.05) is 116 Å². The number of fused-ring (bicyclic) bond motifs is 5. The van der Waals surface area contributed by atoms with E-state index in [0.717, 1.165) is 22.4 Å². The molecule has 0 radical (unpaired) electrons. The molecule has 1 saturated heterocycles. The van der Waals surface area contributed by atoms with Gasteiger partial charge < -0.3 is 90.9 Å². The van der Waals surface area contributed by atoms with E-state index in [1.54, 1.807) is 43.3 Å². The molecule has 32 nitrogen and oxygen atoms in total. The number of methoxy groups -OCH3 is 1. The number of para-hydroxylation sites is 1. The molecule has 1 fully saturated rings. The second-order valence-corrected chi connectivity index (χ2v) is 29.4. The van der Waals surface area contributed by atoms with Gasteiger partial charge in [0.25, 0.3) is 0 Å². The van der Waals surface area contributed by atoms with Crippen molar-refractivity contribution in [2.75, 3.05) is 64.3 Å². The number of carbonyl (C=O) groups is 10. The number of rotatable bonds is 37. The molecule has 2 aliphatic heterocycles. The van der Waals surface area contributed by atoms with Crippen molar-refractivity contribution < 1.29 is 97.2 Å². The highest BCUT2D eigenvalue weighted by molar-refractivity contribution is 6.00. The van der Waals surface area contributed by atoms with E-state index in [9.17, 15) is 73.5 Å². The predicted molar refractivity (Wildman–Crippen MR) is 404 cm³/mol. The van der Waals surface area contributed by atoms with Crippen LogP contribution in [0, 0.1) is 11.3 Å². The molecule has 4 aromatic carbocycles. The number of aliphatic carboxylic acids is 2. The molecule has 0 bridgehead atoms. The van der Waals surface area contributed by atoms with Crippen LogP contribution in [0.3, 0.4) is 0 Å². The van der Waals surface area contributed by atoms with Crippen molar-refractivity contribution in [1.29, 1.82) is 0 Å². The molecule has 0 saturated carbocycles. The molecule has 5 aromatic rings. The second kappa shape index (κ2) is 39.9. The van der Waals surface area contributed by atoms with Gasteiger partial charge >= 0.3 is 18.0 Å². The van der Waals surface area contributed by atoms with E-state index >= 15 is 0 Å². The summed E-state index contributed by atoms with van der Waals surface area (Å²) >= 11 is 0. The summed E-state index contributed by atoms with van der Waals surface area (Å²) < 4.78 is 29.2. The van der Waals surface area contributed by atoms with Crippen LogP contribution in [0.15, 0.2) is 103 Å². The second-order valence-electron chi connectivity index (χ2n) is 29.4. The van der Waals surface area contributed by atoms with Gasteiger partial charge in [0.15, 0.2) is 6.10 Å². The lowest BCUT2D eigenvalue weighted by Gasteiger charge is -2.40. The van der Waals surface area contributed by atoms with Gasteiger partial charge in [-0.2, -0.15) is 0 Å². The van der Waals surface area contributed by atoms with Gasteiger partial charge in [-0.25, -0.2) is 19.1 Å². The largest absolute Gasteiger partial charge is 0.479 e. The minimum Gasteiger partial charge on any atom is -0.479 e. The molecule has 1 aromatic heterocycles. The van der Waals surface area contributed by atoms with Crippen LogP contribution in [-0.2, 0) is 87.2 Å². The lowest BCUT2D eigenvalue weighted by molar-refractivity contribution is -0.271. The first kappa shape index (κ1) is 87.0. The van der Waals surface area contributed by atoms with Crippen molar-refractivity contribution in [2.24, 2.45) is 11.3 Å². The van der Waals surface area contributed by atoms with Crippen molar-refractivity contribution >= 4 is 70.8 Å². The molecule has 598 valence electrons. The number of carbonyl (C=O) groups excluding carboxylic acids is 8. The maximum atomic E-state index is 14.4. The maximum absolute atomic E-state index is 14.4.